The maximum Gasteiger partial charge on any atom is 0.313 e. The molecule has 16 heavy (non-hydrogen) atoms. The third-order valence-electron chi connectivity index (χ3n) is 2.64. The van der Waals surface area contributed by atoms with Gasteiger partial charge in [0, 0.05) is 13.0 Å². The highest BCUT2D eigenvalue weighted by atomic mass is 16.5. The molecule has 0 aliphatic carbocycles. The Bertz CT molecular complexity index is 502. The van der Waals surface area contributed by atoms with Crippen molar-refractivity contribution in [2.24, 2.45) is 0 Å². The van der Waals surface area contributed by atoms with Crippen molar-refractivity contribution in [2.45, 2.75) is 20.4 Å². The van der Waals surface area contributed by atoms with Gasteiger partial charge in [0.05, 0.1) is 13.2 Å². The molecule has 2 rings (SSSR count). The highest BCUT2D eigenvalue weighted by Gasteiger charge is 2.23. The van der Waals surface area contributed by atoms with Crippen LogP contribution in [0.5, 0.6) is 5.88 Å². The van der Waals surface area contributed by atoms with Crippen molar-refractivity contribution < 1.29 is 9.42 Å². The van der Waals surface area contributed by atoms with Crippen LogP contribution in [0.15, 0.2) is 24.8 Å². The van der Waals surface area contributed by atoms with Crippen molar-refractivity contribution in [1.29, 1.82) is 0 Å². The number of hydrogen-bond acceptors (Lipinski definition) is 2. The molecule has 0 unspecified atom stereocenters. The van der Waals surface area contributed by atoms with Crippen LogP contribution in [-0.2, 0) is 6.54 Å². The average Bonchev–Trinajstić information content (AvgIpc) is 2.68. The molecule has 84 valence electrons. The minimum absolute atomic E-state index is 0.631. The summed E-state index contributed by atoms with van der Waals surface area (Å²) in [7, 11) is 1.63. The normalized spacial score (nSPS) is 10.7. The third kappa shape index (κ3) is 1.56. The fourth-order valence-electron chi connectivity index (χ4n) is 1.89. The first kappa shape index (κ1) is 10.7. The van der Waals surface area contributed by atoms with E-state index < -0.39 is 0 Å². The summed E-state index contributed by atoms with van der Waals surface area (Å²) >= 11 is 0. The molecular weight excluding hydrogens is 202 g/mol. The fraction of sp³-hybridized carbons (Fsp3) is 0.333. The maximum absolute atomic E-state index is 5.16. The van der Waals surface area contributed by atoms with Gasteiger partial charge in [-0.05, 0) is 12.0 Å². The molecule has 4 nitrogen and oxygen atoms in total. The molecular formula is C12H16N3O+. The lowest BCUT2D eigenvalue weighted by Gasteiger charge is -2.07. The van der Waals surface area contributed by atoms with Gasteiger partial charge in [-0.15, -0.1) is 0 Å². The molecule has 0 N–H and O–H groups in total. The number of rotatable bonds is 3. The lowest BCUT2D eigenvalue weighted by atomic mass is 10.3. The number of hydrogen-bond donors (Lipinski definition) is 0. The fourth-order valence-corrected chi connectivity index (χ4v) is 1.89. The second-order valence-corrected chi connectivity index (χ2v) is 3.78. The van der Waals surface area contributed by atoms with Crippen molar-refractivity contribution in [3.63, 3.8) is 0 Å². The second kappa shape index (κ2) is 3.96. The molecule has 0 saturated heterocycles. The van der Waals surface area contributed by atoms with Gasteiger partial charge in [0.1, 0.15) is 17.9 Å². The maximum atomic E-state index is 5.16. The van der Waals surface area contributed by atoms with E-state index in [-0.39, 0.29) is 0 Å². The lowest BCUT2D eigenvalue weighted by Crippen LogP contribution is -2.40. The smallest absolute Gasteiger partial charge is 0.313 e. The number of aromatic nitrogens is 3. The van der Waals surface area contributed by atoms with Crippen molar-refractivity contribution in [3.05, 3.63) is 36.2 Å². The van der Waals surface area contributed by atoms with Gasteiger partial charge in [-0.3, -0.25) is 0 Å². The van der Waals surface area contributed by atoms with Gasteiger partial charge in [-0.2, -0.15) is 0 Å². The Labute approximate surface area is 95.1 Å². The average molecular weight is 218 g/mol. The van der Waals surface area contributed by atoms with Gasteiger partial charge >= 0.3 is 5.82 Å². The Hall–Kier alpha value is -1.84. The van der Waals surface area contributed by atoms with Crippen LogP contribution in [0.4, 0.5) is 0 Å². The molecule has 0 saturated carbocycles. The van der Waals surface area contributed by atoms with Gasteiger partial charge < -0.3 is 4.74 Å². The number of allylic oxidation sites excluding steroid dienone is 1. The van der Waals surface area contributed by atoms with E-state index in [2.05, 4.69) is 29.2 Å². The van der Waals surface area contributed by atoms with Crippen LogP contribution in [0.1, 0.15) is 11.4 Å². The van der Waals surface area contributed by atoms with Crippen LogP contribution in [0.3, 0.4) is 0 Å². The van der Waals surface area contributed by atoms with Crippen LogP contribution >= 0.6 is 0 Å². The van der Waals surface area contributed by atoms with Crippen molar-refractivity contribution >= 4 is 0 Å². The molecule has 0 spiro atoms. The first-order chi connectivity index (χ1) is 7.67. The summed E-state index contributed by atoms with van der Waals surface area (Å²) in [6.45, 7) is 8.65. The molecule has 0 amide bonds. The van der Waals surface area contributed by atoms with Gasteiger partial charge in [0.25, 0.3) is 5.88 Å². The number of methoxy groups -OCH3 is 1. The standard InChI is InChI=1S/C12H16N3O/c1-5-6-14-9(2)7-10(3)15-12(14)8-11(13-15)16-4/h5,7-8H,1,6H2,2-4H3/q+1. The molecule has 0 fully saturated rings. The minimum atomic E-state index is 0.631. The SMILES string of the molecule is C=CCn1c(C)cc(C)[n+]2nc(OC)cc1-2. The topological polar surface area (TPSA) is 30.9 Å². The summed E-state index contributed by atoms with van der Waals surface area (Å²) in [5.74, 6) is 1.65. The molecule has 2 aliphatic heterocycles. The zero-order chi connectivity index (χ0) is 11.7. The van der Waals surface area contributed by atoms with Crippen LogP contribution in [0, 0.1) is 13.8 Å². The van der Waals surface area contributed by atoms with E-state index >= 15 is 0 Å². The second-order valence-electron chi connectivity index (χ2n) is 3.78. The molecule has 2 aliphatic rings. The molecule has 0 radical (unpaired) electrons. The van der Waals surface area contributed by atoms with Gasteiger partial charge in [-0.1, -0.05) is 17.3 Å². The summed E-state index contributed by atoms with van der Waals surface area (Å²) < 4.78 is 9.19. The number of ether oxygens (including phenoxy) is 1. The Balaban J connectivity index is 2.70. The predicted molar refractivity (Wildman–Crippen MR) is 61.2 cm³/mol. The molecule has 0 aromatic carbocycles. The van der Waals surface area contributed by atoms with Crippen molar-refractivity contribution in [3.8, 4) is 11.7 Å². The van der Waals surface area contributed by atoms with E-state index in [1.165, 1.54) is 5.69 Å². The Morgan fingerprint density at radius 1 is 1.50 bits per heavy atom. The number of fused-ring (bicyclic) bond motifs is 1. The molecule has 0 atom stereocenters. The highest BCUT2D eigenvalue weighted by molar-refractivity contribution is 5.25. The van der Waals surface area contributed by atoms with E-state index in [1.807, 2.05) is 23.7 Å². The Morgan fingerprint density at radius 2 is 2.25 bits per heavy atom. The monoisotopic (exact) mass is 218 g/mol. The third-order valence-corrected chi connectivity index (χ3v) is 2.64. The molecule has 2 heterocycles. The molecule has 0 aromatic heterocycles. The first-order valence-corrected chi connectivity index (χ1v) is 5.22. The summed E-state index contributed by atoms with van der Waals surface area (Å²) in [5.41, 5.74) is 2.28. The molecule has 0 aromatic rings. The molecule has 4 heteroatoms. The summed E-state index contributed by atoms with van der Waals surface area (Å²) in [5, 5.41) is 4.35. The largest absolute Gasteiger partial charge is 0.478 e. The van der Waals surface area contributed by atoms with E-state index in [4.69, 9.17) is 4.74 Å². The van der Waals surface area contributed by atoms with Crippen LogP contribution in [-0.4, -0.2) is 16.8 Å². The van der Waals surface area contributed by atoms with E-state index in [0.29, 0.717) is 5.88 Å². The van der Waals surface area contributed by atoms with Crippen LogP contribution in [0.2, 0.25) is 0 Å². The van der Waals surface area contributed by atoms with E-state index in [1.54, 1.807) is 7.11 Å². The predicted octanol–water partition coefficient (Wildman–Crippen LogP) is 1.41. The highest BCUT2D eigenvalue weighted by Crippen LogP contribution is 2.15. The van der Waals surface area contributed by atoms with Crippen molar-refractivity contribution in [2.75, 3.05) is 7.11 Å². The lowest BCUT2D eigenvalue weighted by molar-refractivity contribution is -0.667. The number of aryl methyl sites for hydroxylation is 2. The zero-order valence-corrected chi connectivity index (χ0v) is 9.90. The van der Waals surface area contributed by atoms with Gasteiger partial charge in [0.15, 0.2) is 0 Å². The van der Waals surface area contributed by atoms with E-state index in [9.17, 15) is 0 Å². The zero-order valence-electron chi connectivity index (χ0n) is 9.90. The van der Waals surface area contributed by atoms with E-state index in [0.717, 1.165) is 18.1 Å². The van der Waals surface area contributed by atoms with Gasteiger partial charge in [0.2, 0.25) is 0 Å². The quantitative estimate of drug-likeness (QED) is 0.576. The van der Waals surface area contributed by atoms with Crippen LogP contribution < -0.4 is 9.42 Å². The minimum Gasteiger partial charge on any atom is -0.478 e. The van der Waals surface area contributed by atoms with Crippen LogP contribution in [0.25, 0.3) is 5.82 Å². The van der Waals surface area contributed by atoms with Crippen molar-refractivity contribution in [1.82, 2.24) is 9.67 Å². The summed E-state index contributed by atoms with van der Waals surface area (Å²) in [6.07, 6.45) is 1.88. The summed E-state index contributed by atoms with van der Waals surface area (Å²) in [4.78, 5) is 0. The van der Waals surface area contributed by atoms with Gasteiger partial charge in [-0.25, -0.2) is 4.57 Å². The summed E-state index contributed by atoms with van der Waals surface area (Å²) in [6, 6.07) is 4.03. The first-order valence-electron chi connectivity index (χ1n) is 5.22. The Kier molecular flexibility index (Phi) is 2.64. The molecule has 0 bridgehead atoms. The number of nitrogens with zero attached hydrogens (tertiary/aromatic N) is 3. The Morgan fingerprint density at radius 3 is 2.88 bits per heavy atom.